The Kier molecular flexibility index (Phi) is 32.3. The van der Waals surface area contributed by atoms with E-state index in [0.29, 0.717) is 12.8 Å². The minimum atomic E-state index is -1.76. The first-order chi connectivity index (χ1) is 30.0. The summed E-state index contributed by atoms with van der Waals surface area (Å²) in [5.74, 6) is -0.928. The number of carbonyl (C=O) groups is 2. The van der Waals surface area contributed by atoms with Crippen molar-refractivity contribution in [2.24, 2.45) is 0 Å². The molecule has 0 amide bonds. The van der Waals surface area contributed by atoms with Crippen molar-refractivity contribution in [3.8, 4) is 0 Å². The molecule has 11 atom stereocenters. The van der Waals surface area contributed by atoms with Gasteiger partial charge in [0.1, 0.15) is 55.4 Å². The van der Waals surface area contributed by atoms with Crippen molar-refractivity contribution in [2.75, 3.05) is 26.4 Å². The second-order valence-corrected chi connectivity index (χ2v) is 17.3. The number of hydrogen-bond donors (Lipinski definition) is 7. The maximum Gasteiger partial charge on any atom is 0.306 e. The summed E-state index contributed by atoms with van der Waals surface area (Å²) in [6, 6.07) is 0. The third kappa shape index (κ3) is 24.0. The molecule has 7 N–H and O–H groups in total. The first kappa shape index (κ1) is 56.4. The number of rotatable bonds is 37. The van der Waals surface area contributed by atoms with Crippen LogP contribution in [0.1, 0.15) is 181 Å². The van der Waals surface area contributed by atoms with Crippen LogP contribution in [-0.2, 0) is 38.0 Å². The summed E-state index contributed by atoms with van der Waals surface area (Å²) in [6.45, 7) is 2.53. The number of aliphatic hydroxyl groups is 7. The predicted molar refractivity (Wildman–Crippen MR) is 234 cm³/mol. The molecule has 0 radical (unpaired) electrons. The van der Waals surface area contributed by atoms with E-state index in [-0.39, 0.29) is 26.1 Å². The lowest BCUT2D eigenvalue weighted by molar-refractivity contribution is -0.332. The number of unbranched alkanes of at least 4 members (excludes halogenated alkanes) is 21. The number of allylic oxidation sites excluding steroid dienone is 2. The fourth-order valence-electron chi connectivity index (χ4n) is 7.68. The highest BCUT2D eigenvalue weighted by atomic mass is 16.7. The van der Waals surface area contributed by atoms with Gasteiger partial charge in [-0.05, 0) is 38.5 Å². The van der Waals surface area contributed by atoms with Crippen LogP contribution in [-0.4, -0.2) is 142 Å². The SMILES string of the molecule is CCCCCCCC/C=C/CCCCCCCCCCCC(=O)OC[C@@H](CO[C@@H]1O[C@H](CO[C@@H]2O[C@H](CO)[C@H](O)C(O)C2O)[C@H](O)C(O)C1O)OC(=O)CCCCCCCCC. The molecule has 2 aliphatic rings. The van der Waals surface area contributed by atoms with Gasteiger partial charge in [-0.1, -0.05) is 142 Å². The van der Waals surface area contributed by atoms with Crippen LogP contribution in [0.2, 0.25) is 0 Å². The molecule has 2 rings (SSSR count). The molecule has 15 nitrogen and oxygen atoms in total. The first-order valence-electron chi connectivity index (χ1n) is 24.3. The number of esters is 2. The Labute approximate surface area is 371 Å². The van der Waals surface area contributed by atoms with Crippen molar-refractivity contribution in [2.45, 2.75) is 248 Å². The topological polar surface area (TPSA) is 231 Å². The van der Waals surface area contributed by atoms with Gasteiger partial charge in [0, 0.05) is 12.8 Å². The zero-order valence-corrected chi connectivity index (χ0v) is 38.1. The van der Waals surface area contributed by atoms with Crippen molar-refractivity contribution in [3.63, 3.8) is 0 Å². The fourth-order valence-corrected chi connectivity index (χ4v) is 7.68. The summed E-state index contributed by atoms with van der Waals surface area (Å²) in [7, 11) is 0. The second kappa shape index (κ2) is 35.5. The highest BCUT2D eigenvalue weighted by Gasteiger charge is 2.47. The van der Waals surface area contributed by atoms with Gasteiger partial charge in [0.2, 0.25) is 0 Å². The van der Waals surface area contributed by atoms with Crippen molar-refractivity contribution in [3.05, 3.63) is 12.2 Å². The molecule has 0 bridgehead atoms. The minimum absolute atomic E-state index is 0.166. The van der Waals surface area contributed by atoms with Crippen LogP contribution in [0.25, 0.3) is 0 Å². The summed E-state index contributed by atoms with van der Waals surface area (Å²) in [4.78, 5) is 25.5. The largest absolute Gasteiger partial charge is 0.462 e. The fraction of sp³-hybridized carbons (Fsp3) is 0.915. The molecule has 15 heteroatoms. The second-order valence-electron chi connectivity index (χ2n) is 17.3. The third-order valence-corrected chi connectivity index (χ3v) is 11.7. The van der Waals surface area contributed by atoms with Crippen LogP contribution < -0.4 is 0 Å². The minimum Gasteiger partial charge on any atom is -0.462 e. The van der Waals surface area contributed by atoms with Gasteiger partial charge in [-0.2, -0.15) is 0 Å². The van der Waals surface area contributed by atoms with Crippen LogP contribution in [0, 0.1) is 0 Å². The molecular formula is C47H86O15. The number of carbonyl (C=O) groups excluding carboxylic acids is 2. The van der Waals surface area contributed by atoms with Crippen LogP contribution >= 0.6 is 0 Å². The van der Waals surface area contributed by atoms with Crippen molar-refractivity contribution in [1.82, 2.24) is 0 Å². The van der Waals surface area contributed by atoms with Gasteiger partial charge in [0.15, 0.2) is 18.7 Å². The Morgan fingerprint density at radius 3 is 1.42 bits per heavy atom. The zero-order valence-electron chi connectivity index (χ0n) is 38.1. The molecule has 0 aromatic heterocycles. The quantitative estimate of drug-likeness (QED) is 0.0221. The summed E-state index contributed by atoms with van der Waals surface area (Å²) in [5.41, 5.74) is 0. The molecule has 364 valence electrons. The average molecular weight is 891 g/mol. The van der Waals surface area contributed by atoms with E-state index in [1.54, 1.807) is 0 Å². The average Bonchev–Trinajstić information content (AvgIpc) is 3.26. The predicted octanol–water partition coefficient (Wildman–Crippen LogP) is 5.82. The Balaban J connectivity index is 1.75. The molecule has 0 aliphatic carbocycles. The molecule has 2 fully saturated rings. The van der Waals surface area contributed by atoms with E-state index < -0.39 is 92.7 Å². The lowest BCUT2D eigenvalue weighted by Crippen LogP contribution is -2.61. The Bertz CT molecular complexity index is 1140. The molecule has 2 heterocycles. The number of hydrogen-bond acceptors (Lipinski definition) is 15. The Hall–Kier alpha value is -1.76. The van der Waals surface area contributed by atoms with E-state index in [0.717, 1.165) is 51.4 Å². The molecule has 0 spiro atoms. The molecule has 0 saturated carbocycles. The van der Waals surface area contributed by atoms with E-state index in [1.807, 2.05) is 0 Å². The van der Waals surface area contributed by atoms with Gasteiger partial charge in [-0.25, -0.2) is 0 Å². The van der Waals surface area contributed by atoms with E-state index in [2.05, 4.69) is 26.0 Å². The summed E-state index contributed by atoms with van der Waals surface area (Å²) >= 11 is 0. The van der Waals surface area contributed by atoms with Gasteiger partial charge >= 0.3 is 11.9 Å². The van der Waals surface area contributed by atoms with Gasteiger partial charge in [0.25, 0.3) is 0 Å². The van der Waals surface area contributed by atoms with Crippen LogP contribution in [0.3, 0.4) is 0 Å². The highest BCUT2D eigenvalue weighted by Crippen LogP contribution is 2.26. The van der Waals surface area contributed by atoms with Crippen LogP contribution in [0.15, 0.2) is 12.2 Å². The summed E-state index contributed by atoms with van der Waals surface area (Å²) in [6.07, 6.45) is 15.7. The molecular weight excluding hydrogens is 805 g/mol. The van der Waals surface area contributed by atoms with E-state index in [4.69, 9.17) is 28.4 Å². The van der Waals surface area contributed by atoms with Gasteiger partial charge in [0.05, 0.1) is 19.8 Å². The number of aliphatic hydroxyl groups excluding tert-OH is 7. The van der Waals surface area contributed by atoms with Crippen LogP contribution in [0.5, 0.6) is 0 Å². The third-order valence-electron chi connectivity index (χ3n) is 11.7. The zero-order chi connectivity index (χ0) is 45.4. The lowest BCUT2D eigenvalue weighted by atomic mass is 9.98. The molecule has 0 aromatic carbocycles. The van der Waals surface area contributed by atoms with Crippen molar-refractivity contribution < 1.29 is 73.8 Å². The summed E-state index contributed by atoms with van der Waals surface area (Å²) in [5, 5.41) is 71.8. The Morgan fingerprint density at radius 2 is 0.919 bits per heavy atom. The first-order valence-corrected chi connectivity index (χ1v) is 24.3. The van der Waals surface area contributed by atoms with Gasteiger partial charge in [-0.15, -0.1) is 0 Å². The van der Waals surface area contributed by atoms with Crippen molar-refractivity contribution in [1.29, 1.82) is 0 Å². The van der Waals surface area contributed by atoms with Crippen LogP contribution in [0.4, 0.5) is 0 Å². The van der Waals surface area contributed by atoms with Crippen molar-refractivity contribution >= 4 is 11.9 Å². The molecule has 4 unspecified atom stereocenters. The highest BCUT2D eigenvalue weighted by molar-refractivity contribution is 5.70. The lowest BCUT2D eigenvalue weighted by Gasteiger charge is -2.42. The molecule has 0 aromatic rings. The molecule has 2 saturated heterocycles. The maximum absolute atomic E-state index is 12.8. The number of ether oxygens (including phenoxy) is 6. The molecule has 62 heavy (non-hydrogen) atoms. The Morgan fingerprint density at radius 1 is 0.500 bits per heavy atom. The van der Waals surface area contributed by atoms with E-state index in [9.17, 15) is 45.3 Å². The normalized spacial score (nSPS) is 27.1. The molecule has 2 aliphatic heterocycles. The summed E-state index contributed by atoms with van der Waals surface area (Å²) < 4.78 is 33.4. The smallest absolute Gasteiger partial charge is 0.306 e. The monoisotopic (exact) mass is 891 g/mol. The van der Waals surface area contributed by atoms with E-state index in [1.165, 1.54) is 89.9 Å². The van der Waals surface area contributed by atoms with Gasteiger partial charge < -0.3 is 64.2 Å². The standard InChI is InChI=1S/C47H86O15/c1-3-5-7-9-11-12-13-14-15-16-17-18-19-20-21-22-24-25-27-29-38(49)57-32-35(60-39(50)30-28-26-23-10-8-6-4-2)33-58-46-45(56)43(54)41(52)37(62-46)34-59-47-44(55)42(53)40(51)36(31-48)61-47/h14-15,35-37,40-48,51-56H,3-13,16-34H2,1-2H3/b15-14+/t35-,36+,37+,40-,41-,42?,43?,44?,45?,46+,47+/m0/s1. The maximum atomic E-state index is 12.8. The van der Waals surface area contributed by atoms with Gasteiger partial charge in [-0.3, -0.25) is 9.59 Å². The van der Waals surface area contributed by atoms with E-state index >= 15 is 0 Å².